The Hall–Kier alpha value is -3.75. The minimum Gasteiger partial charge on any atom is -0.348 e. The summed E-state index contributed by atoms with van der Waals surface area (Å²) in [6.07, 6.45) is 11.5. The van der Waals surface area contributed by atoms with E-state index in [0.29, 0.717) is 23.0 Å². The molecule has 0 atom stereocenters. The Bertz CT molecular complexity index is 1300. The lowest BCUT2D eigenvalue weighted by molar-refractivity contribution is 0.461. The van der Waals surface area contributed by atoms with Crippen LogP contribution in [0.15, 0.2) is 85.0 Å². The number of aromatic nitrogens is 3. The summed E-state index contributed by atoms with van der Waals surface area (Å²) in [5, 5.41) is 0.707. The predicted molar refractivity (Wildman–Crippen MR) is 125 cm³/mol. The molecule has 0 saturated heterocycles. The molecule has 2 aliphatic heterocycles. The Kier molecular flexibility index (Phi) is 6.44. The van der Waals surface area contributed by atoms with Gasteiger partial charge in [-0.05, 0) is 47.0 Å². The number of benzene rings is 2. The first-order valence-corrected chi connectivity index (χ1v) is 10.2. The van der Waals surface area contributed by atoms with E-state index in [2.05, 4.69) is 40.2 Å². The minimum absolute atomic E-state index is 0.0500. The Morgan fingerprint density at radius 1 is 1.00 bits per heavy atom. The van der Waals surface area contributed by atoms with Crippen LogP contribution in [0.5, 0.6) is 0 Å². The standard InChI is InChI=1S/C26H18ClF2N3/c1-2-3-4-22(23(29)15-28)26-30-24-13-14-32(17-25(24)31-26)16-18-5-7-19(8-6-18)20-9-11-21(27)12-10-20/h1,3-14,17H,15-16H2/b4-3-,23-22-. The van der Waals surface area contributed by atoms with Crippen LogP contribution in [0.1, 0.15) is 11.4 Å². The van der Waals surface area contributed by atoms with Crippen molar-refractivity contribution in [3.63, 3.8) is 0 Å². The van der Waals surface area contributed by atoms with Crippen molar-refractivity contribution in [3.8, 4) is 34.9 Å². The van der Waals surface area contributed by atoms with Crippen molar-refractivity contribution >= 4 is 17.2 Å². The van der Waals surface area contributed by atoms with Crippen LogP contribution < -0.4 is 0 Å². The van der Waals surface area contributed by atoms with Crippen LogP contribution in [-0.2, 0) is 6.54 Å². The first-order chi connectivity index (χ1) is 15.6. The molecule has 0 spiro atoms. The Morgan fingerprint density at radius 3 is 2.31 bits per heavy atom. The first-order valence-electron chi connectivity index (χ1n) is 9.83. The Balaban J connectivity index is 1.57. The number of imidazole rings is 1. The SMILES string of the molecule is C#C/C=C\C(=C(\F)CF)c1nc2ccn(Cc3ccc(-c4ccc(Cl)cc4)cc3)cc-2n1. The number of terminal acetylenes is 1. The van der Waals surface area contributed by atoms with Crippen LogP contribution in [0, 0.1) is 12.3 Å². The maximum Gasteiger partial charge on any atom is 0.163 e. The van der Waals surface area contributed by atoms with Gasteiger partial charge in [0, 0.05) is 24.0 Å². The highest BCUT2D eigenvalue weighted by Gasteiger charge is 2.16. The van der Waals surface area contributed by atoms with Crippen molar-refractivity contribution < 1.29 is 8.78 Å². The molecule has 2 aliphatic rings. The van der Waals surface area contributed by atoms with Gasteiger partial charge >= 0.3 is 0 Å². The number of nitrogens with zero attached hydrogens (tertiary/aromatic N) is 3. The summed E-state index contributed by atoms with van der Waals surface area (Å²) >= 11 is 5.96. The van der Waals surface area contributed by atoms with Crippen molar-refractivity contribution in [2.45, 2.75) is 6.54 Å². The van der Waals surface area contributed by atoms with E-state index in [9.17, 15) is 8.78 Å². The lowest BCUT2D eigenvalue weighted by atomic mass is 10.0. The summed E-state index contributed by atoms with van der Waals surface area (Å²) in [5.74, 6) is 1.41. The lowest BCUT2D eigenvalue weighted by Crippen LogP contribution is -2.00. The van der Waals surface area contributed by atoms with Crippen molar-refractivity contribution in [2.24, 2.45) is 0 Å². The Labute approximate surface area is 190 Å². The van der Waals surface area contributed by atoms with E-state index >= 15 is 0 Å². The summed E-state index contributed by atoms with van der Waals surface area (Å²) in [5.41, 5.74) is 4.43. The predicted octanol–water partition coefficient (Wildman–Crippen LogP) is 6.59. The van der Waals surface area contributed by atoms with E-state index in [-0.39, 0.29) is 11.4 Å². The number of fused-ring (bicyclic) bond motifs is 1. The molecule has 158 valence electrons. The number of pyridine rings is 1. The molecule has 0 radical (unpaired) electrons. The number of rotatable bonds is 6. The zero-order chi connectivity index (χ0) is 22.5. The molecule has 2 aromatic rings. The molecule has 0 amide bonds. The van der Waals surface area contributed by atoms with E-state index in [0.717, 1.165) is 16.7 Å². The van der Waals surface area contributed by atoms with Gasteiger partial charge in [-0.15, -0.1) is 6.42 Å². The maximum atomic E-state index is 14.0. The molecule has 0 aliphatic carbocycles. The second kappa shape index (κ2) is 9.59. The van der Waals surface area contributed by atoms with Gasteiger partial charge in [-0.1, -0.05) is 53.9 Å². The van der Waals surface area contributed by atoms with Gasteiger partial charge in [-0.3, -0.25) is 0 Å². The molecule has 0 saturated carbocycles. The topological polar surface area (TPSA) is 30.7 Å². The highest BCUT2D eigenvalue weighted by atomic mass is 35.5. The van der Waals surface area contributed by atoms with Crippen LogP contribution in [0.3, 0.4) is 0 Å². The van der Waals surface area contributed by atoms with Crippen molar-refractivity contribution in [1.29, 1.82) is 0 Å². The molecule has 0 N–H and O–H groups in total. The normalized spacial score (nSPS) is 12.2. The number of halogens is 3. The molecule has 0 fully saturated rings. The van der Waals surface area contributed by atoms with Crippen LogP contribution in [-0.4, -0.2) is 21.2 Å². The fourth-order valence-electron chi connectivity index (χ4n) is 3.32. The molecule has 3 nitrogen and oxygen atoms in total. The van der Waals surface area contributed by atoms with Crippen LogP contribution >= 0.6 is 11.6 Å². The second-order valence-corrected chi connectivity index (χ2v) is 7.53. The Morgan fingerprint density at radius 2 is 1.66 bits per heavy atom. The van der Waals surface area contributed by atoms with E-state index < -0.39 is 12.5 Å². The van der Waals surface area contributed by atoms with Crippen LogP contribution in [0.4, 0.5) is 8.78 Å². The largest absolute Gasteiger partial charge is 0.348 e. The zero-order valence-corrected chi connectivity index (χ0v) is 17.7. The van der Waals surface area contributed by atoms with Gasteiger partial charge in [0.05, 0.1) is 11.3 Å². The summed E-state index contributed by atoms with van der Waals surface area (Å²) in [6.45, 7) is -0.626. The average molecular weight is 446 g/mol. The fourth-order valence-corrected chi connectivity index (χ4v) is 3.44. The third-order valence-electron chi connectivity index (χ3n) is 4.92. The molecule has 0 bridgehead atoms. The summed E-state index contributed by atoms with van der Waals surface area (Å²) in [4.78, 5) is 8.69. The summed E-state index contributed by atoms with van der Waals surface area (Å²) in [6, 6.07) is 17.7. The second-order valence-electron chi connectivity index (χ2n) is 7.09. The summed E-state index contributed by atoms with van der Waals surface area (Å²) < 4.78 is 28.8. The monoisotopic (exact) mass is 445 g/mol. The third kappa shape index (κ3) is 4.77. The average Bonchev–Trinajstić information content (AvgIpc) is 3.23. The van der Waals surface area contributed by atoms with Crippen molar-refractivity contribution in [1.82, 2.24) is 14.5 Å². The molecule has 2 aromatic carbocycles. The van der Waals surface area contributed by atoms with E-state index in [1.54, 1.807) is 6.07 Å². The smallest absolute Gasteiger partial charge is 0.163 e. The highest BCUT2D eigenvalue weighted by molar-refractivity contribution is 6.30. The first kappa shape index (κ1) is 21.5. The van der Waals surface area contributed by atoms with Gasteiger partial charge in [0.2, 0.25) is 0 Å². The molecule has 0 unspecified atom stereocenters. The lowest BCUT2D eigenvalue weighted by Gasteiger charge is -2.09. The van der Waals surface area contributed by atoms with Gasteiger partial charge in [-0.25, -0.2) is 18.7 Å². The molecule has 32 heavy (non-hydrogen) atoms. The van der Waals surface area contributed by atoms with Crippen molar-refractivity contribution in [2.75, 3.05) is 6.67 Å². The minimum atomic E-state index is -1.25. The third-order valence-corrected chi connectivity index (χ3v) is 5.17. The molecule has 4 rings (SSSR count). The number of alkyl halides is 1. The van der Waals surface area contributed by atoms with Crippen LogP contribution in [0.2, 0.25) is 5.02 Å². The van der Waals surface area contributed by atoms with Gasteiger partial charge in [0.1, 0.15) is 18.2 Å². The fraction of sp³-hybridized carbons (Fsp3) is 0.0769. The molecule has 2 heterocycles. The zero-order valence-electron chi connectivity index (χ0n) is 17.0. The number of hydrogen-bond donors (Lipinski definition) is 0. The van der Waals surface area contributed by atoms with Crippen molar-refractivity contribution in [3.05, 3.63) is 101 Å². The quantitative estimate of drug-likeness (QED) is 0.247. The van der Waals surface area contributed by atoms with Gasteiger partial charge < -0.3 is 4.57 Å². The molecular weight excluding hydrogens is 428 g/mol. The van der Waals surface area contributed by atoms with Gasteiger partial charge in [0.15, 0.2) is 5.82 Å². The number of allylic oxidation sites excluding steroid dienone is 4. The molecule has 6 heteroatoms. The van der Waals surface area contributed by atoms with E-state index in [1.165, 1.54) is 12.2 Å². The van der Waals surface area contributed by atoms with E-state index in [4.69, 9.17) is 18.0 Å². The maximum absolute atomic E-state index is 14.0. The van der Waals surface area contributed by atoms with E-state index in [1.807, 2.05) is 41.2 Å². The summed E-state index contributed by atoms with van der Waals surface area (Å²) in [7, 11) is 0. The molecular formula is C26H18ClF2N3. The van der Waals surface area contributed by atoms with Crippen LogP contribution in [0.25, 0.3) is 28.1 Å². The van der Waals surface area contributed by atoms with Gasteiger partial charge in [-0.2, -0.15) is 0 Å². The molecule has 0 aromatic heterocycles. The highest BCUT2D eigenvalue weighted by Crippen LogP contribution is 2.26. The van der Waals surface area contributed by atoms with Gasteiger partial charge in [0.25, 0.3) is 0 Å². The number of hydrogen-bond acceptors (Lipinski definition) is 2.